The average molecular weight is 628 g/mol. The summed E-state index contributed by atoms with van der Waals surface area (Å²) < 4.78 is 17.1. The Bertz CT molecular complexity index is 1600. The number of aromatic amines is 1. The molecule has 0 aliphatic carbocycles. The molecular formula is C32H46FN7O3S. The fourth-order valence-electron chi connectivity index (χ4n) is 6.69. The lowest BCUT2D eigenvalue weighted by atomic mass is 9.92. The first-order valence-electron chi connectivity index (χ1n) is 15.6. The molecule has 12 heteroatoms. The Labute approximate surface area is 264 Å². The van der Waals surface area contributed by atoms with Gasteiger partial charge in [0.1, 0.15) is 11.2 Å². The summed E-state index contributed by atoms with van der Waals surface area (Å²) in [7, 11) is 0. The van der Waals surface area contributed by atoms with Crippen molar-refractivity contribution in [3.63, 3.8) is 0 Å². The number of thioether (sulfide) groups is 1. The van der Waals surface area contributed by atoms with E-state index in [4.69, 9.17) is 5.73 Å². The highest BCUT2D eigenvalue weighted by Crippen LogP contribution is 2.48. The topological polar surface area (TPSA) is 121 Å². The second kappa shape index (κ2) is 12.2. The number of imidazole rings is 1. The van der Waals surface area contributed by atoms with E-state index in [0.717, 1.165) is 23.9 Å². The van der Waals surface area contributed by atoms with Gasteiger partial charge in [0.2, 0.25) is 11.8 Å². The van der Waals surface area contributed by atoms with Crippen LogP contribution in [0.25, 0.3) is 11.2 Å². The molecule has 0 saturated carbocycles. The van der Waals surface area contributed by atoms with Gasteiger partial charge in [0, 0.05) is 65.8 Å². The number of rotatable bonds is 7. The predicted octanol–water partition coefficient (Wildman–Crippen LogP) is 4.53. The molecule has 3 N–H and O–H groups in total. The van der Waals surface area contributed by atoms with Crippen LogP contribution in [0.15, 0.2) is 41.3 Å². The zero-order valence-corrected chi connectivity index (χ0v) is 26.5. The molecule has 1 aromatic carbocycles. The normalized spacial score (nSPS) is 23.3. The number of nitrogens with zero attached hydrogens (tertiary/aromatic N) is 5. The van der Waals surface area contributed by atoms with Crippen molar-refractivity contribution < 1.29 is 16.8 Å². The van der Waals surface area contributed by atoms with E-state index in [1.165, 1.54) is 17.8 Å². The molecule has 1 unspecified atom stereocenters. The van der Waals surface area contributed by atoms with E-state index in [1.54, 1.807) is 16.8 Å². The van der Waals surface area contributed by atoms with Crippen LogP contribution < -0.4 is 16.3 Å². The second-order valence-corrected chi connectivity index (χ2v) is 14.8. The predicted molar refractivity (Wildman–Crippen MR) is 175 cm³/mol. The molecule has 2 aromatic heterocycles. The van der Waals surface area contributed by atoms with Gasteiger partial charge in [-0.05, 0) is 49.3 Å². The minimum Gasteiger partial charge on any atom is -0.367 e. The number of aromatic nitrogens is 3. The van der Waals surface area contributed by atoms with Gasteiger partial charge >= 0.3 is 5.69 Å². The standard InChI is InChI=1S/C32H42FN7O3S.2H2/c1-32(2,3)12-17-39-29(42)25(44-30(39)22-6-4-7-23(33)27(22)38-14-9-20(34)19-38)18-26(41)37-15-10-21(11-16-37)40-24-8-5-13-35-28(24)36-31(40)43;;/h4-8,13,20-21,25,30H,9-12,14-19,34H2,1-3H3,(H,35,36,43);2*1H/t20?,25-,30-;;/m0../s1. The fourth-order valence-corrected chi connectivity index (χ4v) is 8.18. The van der Waals surface area contributed by atoms with Gasteiger partial charge in [-0.25, -0.2) is 14.2 Å². The van der Waals surface area contributed by atoms with Crippen LogP contribution in [0.2, 0.25) is 0 Å². The first kappa shape index (κ1) is 30.6. The zero-order chi connectivity index (χ0) is 31.2. The maximum atomic E-state index is 15.4. The number of anilines is 1. The number of para-hydroxylation sites is 1. The van der Waals surface area contributed by atoms with Gasteiger partial charge in [-0.1, -0.05) is 32.9 Å². The molecule has 10 nitrogen and oxygen atoms in total. The molecule has 3 aliphatic rings. The number of benzene rings is 1. The highest BCUT2D eigenvalue weighted by molar-refractivity contribution is 8.01. The Hall–Kier alpha value is -3.38. The molecule has 6 rings (SSSR count). The number of carbonyl (C=O) groups is 2. The van der Waals surface area contributed by atoms with E-state index in [0.29, 0.717) is 56.9 Å². The van der Waals surface area contributed by atoms with Gasteiger partial charge in [0.05, 0.1) is 16.5 Å². The molecule has 3 aliphatic heterocycles. The number of nitrogens with one attached hydrogen (secondary N) is 1. The summed E-state index contributed by atoms with van der Waals surface area (Å²) in [4.78, 5) is 52.9. The number of hydrogen-bond donors (Lipinski definition) is 2. The van der Waals surface area contributed by atoms with Crippen molar-refractivity contribution in [1.82, 2.24) is 24.3 Å². The van der Waals surface area contributed by atoms with Gasteiger partial charge in [-0.15, -0.1) is 11.8 Å². The zero-order valence-electron chi connectivity index (χ0n) is 25.7. The summed E-state index contributed by atoms with van der Waals surface area (Å²) in [6.45, 7) is 9.20. The van der Waals surface area contributed by atoms with E-state index in [-0.39, 0.29) is 50.1 Å². The molecule has 44 heavy (non-hydrogen) atoms. The molecule has 0 radical (unpaired) electrons. The van der Waals surface area contributed by atoms with Crippen molar-refractivity contribution in [1.29, 1.82) is 0 Å². The summed E-state index contributed by atoms with van der Waals surface area (Å²) >= 11 is 1.46. The van der Waals surface area contributed by atoms with Gasteiger partial charge < -0.3 is 20.4 Å². The summed E-state index contributed by atoms with van der Waals surface area (Å²) in [5, 5.41) is -0.942. The molecule has 5 heterocycles. The largest absolute Gasteiger partial charge is 0.367 e. The Morgan fingerprint density at radius 1 is 1.14 bits per heavy atom. The van der Waals surface area contributed by atoms with Gasteiger partial charge in [0.15, 0.2) is 5.65 Å². The van der Waals surface area contributed by atoms with E-state index in [2.05, 4.69) is 30.7 Å². The lowest BCUT2D eigenvalue weighted by molar-refractivity contribution is -0.136. The van der Waals surface area contributed by atoms with Crippen LogP contribution in [-0.2, 0) is 9.59 Å². The molecule has 3 atom stereocenters. The molecule has 3 fully saturated rings. The number of H-pyrrole nitrogens is 1. The lowest BCUT2D eigenvalue weighted by Gasteiger charge is -2.33. The summed E-state index contributed by atoms with van der Waals surface area (Å²) in [5.41, 5.74) is 8.60. The molecule has 240 valence electrons. The van der Waals surface area contributed by atoms with Gasteiger partial charge in [-0.3, -0.25) is 19.1 Å². The van der Waals surface area contributed by atoms with E-state index in [9.17, 15) is 14.4 Å². The van der Waals surface area contributed by atoms with Crippen LogP contribution >= 0.6 is 11.8 Å². The van der Waals surface area contributed by atoms with Crippen LogP contribution in [0.4, 0.5) is 10.1 Å². The summed E-state index contributed by atoms with van der Waals surface area (Å²) in [6, 6.07) is 8.72. The number of fused-ring (bicyclic) bond motifs is 1. The number of halogens is 1. The van der Waals surface area contributed by atoms with Crippen molar-refractivity contribution in [2.24, 2.45) is 11.1 Å². The molecule has 3 saturated heterocycles. The Kier molecular flexibility index (Phi) is 8.49. The molecule has 0 bridgehead atoms. The number of piperidine rings is 1. The van der Waals surface area contributed by atoms with Crippen molar-refractivity contribution in [2.45, 2.75) is 75.6 Å². The maximum absolute atomic E-state index is 15.4. The Morgan fingerprint density at radius 2 is 1.91 bits per heavy atom. The lowest BCUT2D eigenvalue weighted by Crippen LogP contribution is -2.42. The molecule has 2 amide bonds. The quantitative estimate of drug-likeness (QED) is 0.395. The van der Waals surface area contributed by atoms with Crippen molar-refractivity contribution in [2.75, 3.05) is 37.6 Å². The average Bonchev–Trinajstić information content (AvgIpc) is 3.65. The number of likely N-dealkylation sites (tertiary alicyclic amines) is 1. The second-order valence-electron chi connectivity index (χ2n) is 13.5. The number of pyridine rings is 1. The van der Waals surface area contributed by atoms with E-state index in [1.807, 2.05) is 32.9 Å². The third kappa shape index (κ3) is 6.10. The number of hydrogen-bond acceptors (Lipinski definition) is 7. The first-order chi connectivity index (χ1) is 21.0. The van der Waals surface area contributed by atoms with E-state index < -0.39 is 10.6 Å². The van der Waals surface area contributed by atoms with Crippen molar-refractivity contribution >= 4 is 40.4 Å². The fraction of sp³-hybridized carbons (Fsp3) is 0.562. The number of amides is 2. The monoisotopic (exact) mass is 627 g/mol. The van der Waals surface area contributed by atoms with Crippen LogP contribution in [0.3, 0.4) is 0 Å². The maximum Gasteiger partial charge on any atom is 0.327 e. The SMILES string of the molecule is CC(C)(C)CCN1C(=O)[C@H](CC(=O)N2CCC(n3c(=O)[nH]c4ncccc43)CC2)S[C@H]1c1cccc(F)c1N1CCC(N)C1.[HH].[HH]. The minimum atomic E-state index is -0.551. The first-order valence-corrected chi connectivity index (χ1v) is 16.5. The van der Waals surface area contributed by atoms with Crippen molar-refractivity contribution in [3.05, 3.63) is 58.4 Å². The molecule has 0 spiro atoms. The summed E-state index contributed by atoms with van der Waals surface area (Å²) in [5.74, 6) is -0.449. The van der Waals surface area contributed by atoms with Crippen LogP contribution in [0.1, 0.15) is 72.7 Å². The Balaban J connectivity index is 0.00000240. The highest BCUT2D eigenvalue weighted by Gasteiger charge is 2.44. The van der Waals surface area contributed by atoms with Crippen LogP contribution in [-0.4, -0.2) is 80.2 Å². The van der Waals surface area contributed by atoms with Crippen molar-refractivity contribution in [3.8, 4) is 0 Å². The highest BCUT2D eigenvalue weighted by atomic mass is 32.2. The molecular weight excluding hydrogens is 581 g/mol. The minimum absolute atomic E-state index is 0. The number of carbonyl (C=O) groups excluding carboxylic acids is 2. The van der Waals surface area contributed by atoms with Crippen LogP contribution in [0, 0.1) is 11.2 Å². The third-order valence-corrected chi connectivity index (χ3v) is 10.6. The van der Waals surface area contributed by atoms with Gasteiger partial charge in [-0.2, -0.15) is 0 Å². The molecule has 3 aromatic rings. The summed E-state index contributed by atoms with van der Waals surface area (Å²) in [6.07, 6.45) is 4.60. The Morgan fingerprint density at radius 3 is 2.61 bits per heavy atom. The number of nitrogens with two attached hydrogens (primary N) is 1. The van der Waals surface area contributed by atoms with E-state index >= 15 is 4.39 Å². The smallest absolute Gasteiger partial charge is 0.327 e. The third-order valence-electron chi connectivity index (χ3n) is 9.09. The van der Waals surface area contributed by atoms with Crippen LogP contribution in [0.5, 0.6) is 0 Å². The van der Waals surface area contributed by atoms with Gasteiger partial charge in [0.25, 0.3) is 0 Å².